The third kappa shape index (κ3) is 2.71. The van der Waals surface area contributed by atoms with Gasteiger partial charge in [-0.25, -0.2) is 14.2 Å². The molecule has 6 heteroatoms. The number of nitrogens with zero attached hydrogens (tertiary/aromatic N) is 2. The van der Waals surface area contributed by atoms with Gasteiger partial charge >= 0.3 is 5.97 Å². The van der Waals surface area contributed by atoms with Gasteiger partial charge in [0.2, 0.25) is 0 Å². The summed E-state index contributed by atoms with van der Waals surface area (Å²) in [5, 5.41) is 9.71. The average Bonchev–Trinajstić information content (AvgIpc) is 2.93. The van der Waals surface area contributed by atoms with Gasteiger partial charge in [0, 0.05) is 22.5 Å². The van der Waals surface area contributed by atoms with Crippen molar-refractivity contribution >= 4 is 17.6 Å². The molecular formula is C16H10ClFN2O2. The van der Waals surface area contributed by atoms with Crippen molar-refractivity contribution in [1.82, 2.24) is 9.55 Å². The monoisotopic (exact) mass is 316 g/mol. The van der Waals surface area contributed by atoms with Crippen molar-refractivity contribution in [1.29, 1.82) is 0 Å². The zero-order valence-electron chi connectivity index (χ0n) is 11.2. The van der Waals surface area contributed by atoms with Gasteiger partial charge in [-0.15, -0.1) is 0 Å². The molecule has 0 unspecified atom stereocenters. The number of halogens is 2. The second-order valence-electron chi connectivity index (χ2n) is 4.61. The number of aromatic carboxylic acids is 1. The lowest BCUT2D eigenvalue weighted by atomic mass is 10.2. The van der Waals surface area contributed by atoms with Crippen LogP contribution in [0.4, 0.5) is 4.39 Å². The van der Waals surface area contributed by atoms with Crippen LogP contribution in [0.3, 0.4) is 0 Å². The summed E-state index contributed by atoms with van der Waals surface area (Å²) in [5.41, 5.74) is 1.06. The summed E-state index contributed by atoms with van der Waals surface area (Å²) in [7, 11) is 0. The summed E-state index contributed by atoms with van der Waals surface area (Å²) in [5.74, 6) is -1.16. The summed E-state index contributed by atoms with van der Waals surface area (Å²) >= 11 is 5.86. The number of hydrogen-bond donors (Lipinski definition) is 1. The zero-order valence-corrected chi connectivity index (χ0v) is 12.0. The summed E-state index contributed by atoms with van der Waals surface area (Å²) in [6, 6.07) is 12.7. The van der Waals surface area contributed by atoms with Gasteiger partial charge in [0.15, 0.2) is 5.69 Å². The van der Waals surface area contributed by atoms with E-state index in [4.69, 9.17) is 16.7 Å². The number of rotatable bonds is 3. The van der Waals surface area contributed by atoms with Crippen molar-refractivity contribution in [2.45, 2.75) is 0 Å². The molecule has 3 aromatic rings. The van der Waals surface area contributed by atoms with Crippen LogP contribution in [0.25, 0.3) is 17.1 Å². The number of hydrogen-bond acceptors (Lipinski definition) is 2. The number of aromatic nitrogens is 2. The summed E-state index contributed by atoms with van der Waals surface area (Å²) in [6.45, 7) is 0. The molecule has 1 N–H and O–H groups in total. The van der Waals surface area contributed by atoms with Crippen molar-refractivity contribution in [3.05, 3.63) is 71.3 Å². The Morgan fingerprint density at radius 2 is 1.91 bits per heavy atom. The molecule has 0 aliphatic carbocycles. The quantitative estimate of drug-likeness (QED) is 0.793. The van der Waals surface area contributed by atoms with E-state index in [0.29, 0.717) is 22.1 Å². The third-order valence-corrected chi connectivity index (χ3v) is 3.37. The van der Waals surface area contributed by atoms with Crippen LogP contribution < -0.4 is 0 Å². The smallest absolute Gasteiger partial charge is 0.356 e. The Morgan fingerprint density at radius 3 is 2.55 bits per heavy atom. The SMILES string of the molecule is O=C(O)c1cn(-c2cccc(F)c2)c(-c2ccc(Cl)cc2)n1. The molecule has 1 aromatic heterocycles. The van der Waals surface area contributed by atoms with Crippen LogP contribution >= 0.6 is 11.6 Å². The maximum atomic E-state index is 13.4. The highest BCUT2D eigenvalue weighted by molar-refractivity contribution is 6.30. The fourth-order valence-corrected chi connectivity index (χ4v) is 2.23. The Bertz CT molecular complexity index is 844. The molecule has 0 radical (unpaired) electrons. The lowest BCUT2D eigenvalue weighted by Crippen LogP contribution is -1.96. The average molecular weight is 317 g/mol. The predicted molar refractivity (Wildman–Crippen MR) is 80.9 cm³/mol. The highest BCUT2D eigenvalue weighted by Crippen LogP contribution is 2.25. The molecule has 3 rings (SSSR count). The molecule has 1 heterocycles. The van der Waals surface area contributed by atoms with E-state index in [-0.39, 0.29) is 5.69 Å². The van der Waals surface area contributed by atoms with E-state index in [1.54, 1.807) is 36.4 Å². The number of imidazole rings is 1. The Labute approximate surface area is 130 Å². The molecule has 0 atom stereocenters. The molecule has 22 heavy (non-hydrogen) atoms. The van der Waals surface area contributed by atoms with Crippen LogP contribution in [0.2, 0.25) is 5.02 Å². The first-order valence-corrected chi connectivity index (χ1v) is 6.77. The largest absolute Gasteiger partial charge is 0.476 e. The molecule has 0 amide bonds. The lowest BCUT2D eigenvalue weighted by molar-refractivity contribution is 0.0691. The minimum absolute atomic E-state index is 0.116. The first-order chi connectivity index (χ1) is 10.5. The van der Waals surface area contributed by atoms with Gasteiger partial charge in [0.05, 0.1) is 0 Å². The van der Waals surface area contributed by atoms with Crippen LogP contribution in [0.1, 0.15) is 10.5 Å². The second-order valence-corrected chi connectivity index (χ2v) is 5.05. The van der Waals surface area contributed by atoms with E-state index in [0.717, 1.165) is 0 Å². The molecule has 110 valence electrons. The molecule has 0 saturated carbocycles. The number of carboxylic acids is 1. The molecule has 4 nitrogen and oxygen atoms in total. The van der Waals surface area contributed by atoms with Gasteiger partial charge in [0.1, 0.15) is 11.6 Å². The molecule has 2 aromatic carbocycles. The summed E-state index contributed by atoms with van der Waals surface area (Å²) in [4.78, 5) is 15.3. The van der Waals surface area contributed by atoms with Crippen LogP contribution in [0, 0.1) is 5.82 Å². The topological polar surface area (TPSA) is 55.1 Å². The van der Waals surface area contributed by atoms with Gasteiger partial charge in [-0.3, -0.25) is 4.57 Å². The molecular weight excluding hydrogens is 307 g/mol. The van der Waals surface area contributed by atoms with Crippen molar-refractivity contribution in [2.75, 3.05) is 0 Å². The van der Waals surface area contributed by atoms with Gasteiger partial charge in [0.25, 0.3) is 0 Å². The van der Waals surface area contributed by atoms with Gasteiger partial charge < -0.3 is 5.11 Å². The molecule has 0 aliphatic rings. The van der Waals surface area contributed by atoms with Crippen molar-refractivity contribution in [3.8, 4) is 17.1 Å². The van der Waals surface area contributed by atoms with E-state index in [1.807, 2.05) is 0 Å². The number of carboxylic acid groups (broad SMARTS) is 1. The zero-order chi connectivity index (χ0) is 15.7. The molecule has 0 saturated heterocycles. The number of carbonyl (C=O) groups is 1. The first kappa shape index (κ1) is 14.3. The Hall–Kier alpha value is -2.66. The maximum absolute atomic E-state index is 13.4. The maximum Gasteiger partial charge on any atom is 0.356 e. The van der Waals surface area contributed by atoms with Crippen LogP contribution in [-0.2, 0) is 0 Å². The molecule has 0 fully saturated rings. The minimum Gasteiger partial charge on any atom is -0.476 e. The van der Waals surface area contributed by atoms with E-state index in [1.165, 1.54) is 22.9 Å². The van der Waals surface area contributed by atoms with E-state index in [2.05, 4.69) is 4.98 Å². The summed E-state index contributed by atoms with van der Waals surface area (Å²) < 4.78 is 15.0. The fourth-order valence-electron chi connectivity index (χ4n) is 2.11. The summed E-state index contributed by atoms with van der Waals surface area (Å²) in [6.07, 6.45) is 1.36. The van der Waals surface area contributed by atoms with Crippen LogP contribution in [0.5, 0.6) is 0 Å². The highest BCUT2D eigenvalue weighted by Gasteiger charge is 2.16. The van der Waals surface area contributed by atoms with E-state index >= 15 is 0 Å². The van der Waals surface area contributed by atoms with Crippen LogP contribution in [-0.4, -0.2) is 20.6 Å². The van der Waals surface area contributed by atoms with Crippen LogP contribution in [0.15, 0.2) is 54.7 Å². The standard InChI is InChI=1S/C16H10ClFN2O2/c17-11-6-4-10(5-7-11)15-19-14(16(21)22)9-20(15)13-3-1-2-12(18)8-13/h1-9H,(H,21,22). The number of benzene rings is 2. The highest BCUT2D eigenvalue weighted by atomic mass is 35.5. The second kappa shape index (κ2) is 5.61. The van der Waals surface area contributed by atoms with Gasteiger partial charge in [-0.05, 0) is 42.5 Å². The first-order valence-electron chi connectivity index (χ1n) is 6.39. The van der Waals surface area contributed by atoms with E-state index in [9.17, 15) is 9.18 Å². The van der Waals surface area contributed by atoms with Gasteiger partial charge in [-0.1, -0.05) is 17.7 Å². The molecule has 0 bridgehead atoms. The lowest BCUT2D eigenvalue weighted by Gasteiger charge is -2.08. The third-order valence-electron chi connectivity index (χ3n) is 3.11. The van der Waals surface area contributed by atoms with Crippen molar-refractivity contribution < 1.29 is 14.3 Å². The van der Waals surface area contributed by atoms with Crippen molar-refractivity contribution in [3.63, 3.8) is 0 Å². The fraction of sp³-hybridized carbons (Fsp3) is 0. The minimum atomic E-state index is -1.15. The Balaban J connectivity index is 2.20. The normalized spacial score (nSPS) is 10.6. The molecule has 0 aliphatic heterocycles. The Kier molecular flexibility index (Phi) is 3.65. The van der Waals surface area contributed by atoms with E-state index < -0.39 is 11.8 Å². The van der Waals surface area contributed by atoms with Crippen molar-refractivity contribution in [2.24, 2.45) is 0 Å². The Morgan fingerprint density at radius 1 is 1.18 bits per heavy atom. The van der Waals surface area contributed by atoms with Gasteiger partial charge in [-0.2, -0.15) is 0 Å². The molecule has 0 spiro atoms. The predicted octanol–water partition coefficient (Wildman–Crippen LogP) is 4.03.